The molecular weight excluding hydrogens is 323 g/mol. The largest absolute Gasteiger partial charge is 0.368 e. The summed E-state index contributed by atoms with van der Waals surface area (Å²) in [5.41, 5.74) is 5.24. The lowest BCUT2D eigenvalue weighted by Crippen LogP contribution is -2.48. The molecule has 0 bridgehead atoms. The highest BCUT2D eigenvalue weighted by Gasteiger charge is 2.28. The van der Waals surface area contributed by atoms with Crippen molar-refractivity contribution in [2.45, 2.75) is 31.2 Å². The monoisotopic (exact) mass is 338 g/mol. The Kier molecular flexibility index (Phi) is 5.82. The molecule has 0 aliphatic heterocycles. The fraction of sp³-hybridized carbons (Fsp3) is 0.417. The first kappa shape index (κ1) is 17.2. The number of sulfonamides is 1. The topological polar surface area (TPSA) is 89.3 Å². The highest BCUT2D eigenvalue weighted by atomic mass is 35.5. The molecule has 0 saturated carbocycles. The van der Waals surface area contributed by atoms with E-state index in [2.05, 4.69) is 4.72 Å². The quantitative estimate of drug-likeness (QED) is 0.832. The van der Waals surface area contributed by atoms with Crippen LogP contribution in [-0.4, -0.2) is 20.4 Å². The molecule has 0 heterocycles. The number of carbonyl (C=O) groups is 1. The fourth-order valence-corrected chi connectivity index (χ4v) is 3.27. The third-order valence-electron chi connectivity index (χ3n) is 3.00. The SMILES string of the molecule is CC[C@H](C)[C@@H](NS(=O)(=O)c1ccc(Cl)c(Cl)c1)C(N)=O. The van der Waals surface area contributed by atoms with Crippen LogP contribution in [0.25, 0.3) is 0 Å². The van der Waals surface area contributed by atoms with Crippen molar-refractivity contribution >= 4 is 39.1 Å². The van der Waals surface area contributed by atoms with Gasteiger partial charge in [0.2, 0.25) is 15.9 Å². The van der Waals surface area contributed by atoms with Gasteiger partial charge < -0.3 is 5.73 Å². The van der Waals surface area contributed by atoms with E-state index in [0.717, 1.165) is 0 Å². The molecule has 1 rings (SSSR count). The second kappa shape index (κ2) is 6.76. The van der Waals surface area contributed by atoms with Gasteiger partial charge in [-0.15, -0.1) is 0 Å². The van der Waals surface area contributed by atoms with E-state index in [1.165, 1.54) is 18.2 Å². The van der Waals surface area contributed by atoms with Gasteiger partial charge >= 0.3 is 0 Å². The van der Waals surface area contributed by atoms with Gasteiger partial charge in [-0.3, -0.25) is 4.79 Å². The average molecular weight is 339 g/mol. The number of amides is 1. The van der Waals surface area contributed by atoms with Gasteiger partial charge in [-0.25, -0.2) is 8.42 Å². The molecule has 1 amide bonds. The molecule has 0 fully saturated rings. The Morgan fingerprint density at radius 1 is 1.35 bits per heavy atom. The number of rotatable bonds is 6. The van der Waals surface area contributed by atoms with Crippen LogP contribution in [0.15, 0.2) is 23.1 Å². The van der Waals surface area contributed by atoms with E-state index in [0.29, 0.717) is 6.42 Å². The van der Waals surface area contributed by atoms with E-state index in [-0.39, 0.29) is 20.9 Å². The standard InChI is InChI=1S/C12H16Cl2N2O3S/c1-3-7(2)11(12(15)17)16-20(18,19)8-4-5-9(13)10(14)6-8/h4-7,11,16H,3H2,1-2H3,(H2,15,17)/t7-,11+/m0/s1. The van der Waals surface area contributed by atoms with Crippen molar-refractivity contribution in [2.24, 2.45) is 11.7 Å². The van der Waals surface area contributed by atoms with Crippen molar-refractivity contribution in [3.8, 4) is 0 Å². The molecule has 3 N–H and O–H groups in total. The fourth-order valence-electron chi connectivity index (χ4n) is 1.57. The molecule has 0 spiro atoms. The lowest BCUT2D eigenvalue weighted by Gasteiger charge is -2.21. The maximum atomic E-state index is 12.2. The predicted octanol–water partition coefficient (Wildman–Crippen LogP) is 2.17. The Hall–Kier alpha value is -0.820. The highest BCUT2D eigenvalue weighted by Crippen LogP contribution is 2.25. The van der Waals surface area contributed by atoms with E-state index < -0.39 is 22.0 Å². The first-order valence-electron chi connectivity index (χ1n) is 5.95. The molecule has 112 valence electrons. The summed E-state index contributed by atoms with van der Waals surface area (Å²) in [5.74, 6) is -0.937. The van der Waals surface area contributed by atoms with Crippen LogP contribution in [0, 0.1) is 5.92 Å². The molecule has 5 nitrogen and oxygen atoms in total. The van der Waals surface area contributed by atoms with Crippen molar-refractivity contribution in [1.82, 2.24) is 4.72 Å². The number of carbonyl (C=O) groups excluding carboxylic acids is 1. The summed E-state index contributed by atoms with van der Waals surface area (Å²) in [6.45, 7) is 3.58. The molecule has 0 radical (unpaired) electrons. The lowest BCUT2D eigenvalue weighted by atomic mass is 10.00. The van der Waals surface area contributed by atoms with E-state index in [1.54, 1.807) is 6.92 Å². The van der Waals surface area contributed by atoms with Gasteiger partial charge in [-0.1, -0.05) is 43.5 Å². The number of hydrogen-bond donors (Lipinski definition) is 2. The summed E-state index contributed by atoms with van der Waals surface area (Å²) >= 11 is 11.5. The van der Waals surface area contributed by atoms with Crippen molar-refractivity contribution in [1.29, 1.82) is 0 Å². The van der Waals surface area contributed by atoms with Gasteiger partial charge in [0.05, 0.1) is 14.9 Å². The third kappa shape index (κ3) is 4.09. The Labute approximate surface area is 128 Å². The molecule has 2 atom stereocenters. The average Bonchev–Trinajstić information content (AvgIpc) is 2.38. The van der Waals surface area contributed by atoms with Gasteiger partial charge in [0.1, 0.15) is 6.04 Å². The third-order valence-corrected chi connectivity index (χ3v) is 5.18. The van der Waals surface area contributed by atoms with Gasteiger partial charge in [0, 0.05) is 0 Å². The number of nitrogens with two attached hydrogens (primary N) is 1. The minimum atomic E-state index is -3.89. The van der Waals surface area contributed by atoms with E-state index in [1.807, 2.05) is 6.92 Å². The number of nitrogens with one attached hydrogen (secondary N) is 1. The summed E-state index contributed by atoms with van der Waals surface area (Å²) in [4.78, 5) is 11.3. The number of halogens is 2. The first-order chi connectivity index (χ1) is 9.19. The van der Waals surface area contributed by atoms with Crippen molar-refractivity contribution in [3.63, 3.8) is 0 Å². The Bertz CT molecular complexity index is 605. The van der Waals surface area contributed by atoms with Crippen LogP contribution in [0.3, 0.4) is 0 Å². The molecule has 0 aliphatic carbocycles. The second-order valence-electron chi connectivity index (χ2n) is 4.46. The highest BCUT2D eigenvalue weighted by molar-refractivity contribution is 7.89. The van der Waals surface area contributed by atoms with Crippen LogP contribution >= 0.6 is 23.2 Å². The van der Waals surface area contributed by atoms with E-state index >= 15 is 0 Å². The van der Waals surface area contributed by atoms with Gasteiger partial charge in [0.25, 0.3) is 0 Å². The van der Waals surface area contributed by atoms with Crippen molar-refractivity contribution in [2.75, 3.05) is 0 Å². The summed E-state index contributed by atoms with van der Waals surface area (Å²) in [7, 11) is -3.89. The van der Waals surface area contributed by atoms with E-state index in [9.17, 15) is 13.2 Å². The molecule has 0 saturated heterocycles. The Balaban J connectivity index is 3.09. The minimum Gasteiger partial charge on any atom is -0.368 e. The van der Waals surface area contributed by atoms with Crippen molar-refractivity contribution in [3.05, 3.63) is 28.2 Å². The zero-order valence-electron chi connectivity index (χ0n) is 11.1. The Morgan fingerprint density at radius 2 is 1.95 bits per heavy atom. The molecule has 20 heavy (non-hydrogen) atoms. The molecule has 8 heteroatoms. The number of primary amides is 1. The van der Waals surface area contributed by atoms with Crippen LogP contribution in [0.4, 0.5) is 0 Å². The van der Waals surface area contributed by atoms with Gasteiger partial charge in [-0.2, -0.15) is 4.72 Å². The molecule has 1 aromatic carbocycles. The summed E-state index contributed by atoms with van der Waals surface area (Å²) in [6.07, 6.45) is 0.609. The summed E-state index contributed by atoms with van der Waals surface area (Å²) in [6, 6.07) is 2.94. The number of benzene rings is 1. The van der Waals surface area contributed by atoms with Crippen LogP contribution in [0.1, 0.15) is 20.3 Å². The normalized spacial score (nSPS) is 14.8. The van der Waals surface area contributed by atoms with Crippen LogP contribution < -0.4 is 10.5 Å². The molecule has 0 aliphatic rings. The minimum absolute atomic E-state index is 0.0681. The molecule has 1 aromatic rings. The zero-order chi connectivity index (χ0) is 15.5. The van der Waals surface area contributed by atoms with Crippen LogP contribution in [-0.2, 0) is 14.8 Å². The summed E-state index contributed by atoms with van der Waals surface area (Å²) in [5, 5.41) is 0.368. The Morgan fingerprint density at radius 3 is 2.40 bits per heavy atom. The maximum absolute atomic E-state index is 12.2. The van der Waals surface area contributed by atoms with Crippen LogP contribution in [0.2, 0.25) is 10.0 Å². The van der Waals surface area contributed by atoms with Crippen LogP contribution in [0.5, 0.6) is 0 Å². The molecule has 0 aromatic heterocycles. The number of hydrogen-bond acceptors (Lipinski definition) is 3. The second-order valence-corrected chi connectivity index (χ2v) is 6.99. The van der Waals surface area contributed by atoms with E-state index in [4.69, 9.17) is 28.9 Å². The zero-order valence-corrected chi connectivity index (χ0v) is 13.4. The smallest absolute Gasteiger partial charge is 0.241 e. The molecular formula is C12H16Cl2N2O3S. The first-order valence-corrected chi connectivity index (χ1v) is 8.19. The lowest BCUT2D eigenvalue weighted by molar-refractivity contribution is -0.120. The van der Waals surface area contributed by atoms with Gasteiger partial charge in [-0.05, 0) is 24.1 Å². The summed E-state index contributed by atoms with van der Waals surface area (Å²) < 4.78 is 26.7. The molecule has 0 unspecified atom stereocenters. The predicted molar refractivity (Wildman–Crippen MR) is 79.2 cm³/mol. The maximum Gasteiger partial charge on any atom is 0.241 e. The van der Waals surface area contributed by atoms with Crippen molar-refractivity contribution < 1.29 is 13.2 Å². The van der Waals surface area contributed by atoms with Gasteiger partial charge in [0.15, 0.2) is 0 Å².